The second-order valence-corrected chi connectivity index (χ2v) is 6.77. The van der Waals surface area contributed by atoms with Gasteiger partial charge in [-0.3, -0.25) is 0 Å². The normalized spacial score (nSPS) is 12.4. The highest BCUT2D eigenvalue weighted by Gasteiger charge is 2.15. The monoisotopic (exact) mass is 407 g/mol. The predicted octanol–water partition coefficient (Wildman–Crippen LogP) is 4.98. The van der Waals surface area contributed by atoms with Crippen LogP contribution in [0, 0.1) is 0 Å². The van der Waals surface area contributed by atoms with Crippen molar-refractivity contribution < 1.29 is 18.9 Å². The standard InChI is InChI=1S/C19H22BrNO4/c1-4-22-17-7-13(15(20)9-19(17)25-12(2)3)10-21-14-5-6-16-18(8-14)24-11-23-16/h5-9,12,21H,4,10-11H2,1-3H3. The molecule has 0 saturated carbocycles. The van der Waals surface area contributed by atoms with Crippen LogP contribution in [0.15, 0.2) is 34.8 Å². The molecule has 0 amide bonds. The summed E-state index contributed by atoms with van der Waals surface area (Å²) in [6.45, 7) is 7.47. The highest BCUT2D eigenvalue weighted by atomic mass is 79.9. The van der Waals surface area contributed by atoms with E-state index in [1.165, 1.54) is 0 Å². The molecule has 0 unspecified atom stereocenters. The summed E-state index contributed by atoms with van der Waals surface area (Å²) < 4.78 is 23.3. The maximum atomic E-state index is 5.84. The van der Waals surface area contributed by atoms with Crippen LogP contribution in [0.4, 0.5) is 5.69 Å². The Morgan fingerprint density at radius 2 is 1.92 bits per heavy atom. The van der Waals surface area contributed by atoms with Crippen LogP contribution >= 0.6 is 15.9 Å². The molecule has 134 valence electrons. The van der Waals surface area contributed by atoms with Gasteiger partial charge in [0.25, 0.3) is 0 Å². The van der Waals surface area contributed by atoms with Crippen LogP contribution in [-0.2, 0) is 6.54 Å². The van der Waals surface area contributed by atoms with Gasteiger partial charge < -0.3 is 24.3 Å². The lowest BCUT2D eigenvalue weighted by Crippen LogP contribution is -2.08. The van der Waals surface area contributed by atoms with E-state index >= 15 is 0 Å². The molecule has 0 spiro atoms. The molecule has 0 saturated heterocycles. The second-order valence-electron chi connectivity index (χ2n) is 5.91. The minimum absolute atomic E-state index is 0.0868. The molecule has 0 bridgehead atoms. The highest BCUT2D eigenvalue weighted by molar-refractivity contribution is 9.10. The number of benzene rings is 2. The van der Waals surface area contributed by atoms with E-state index in [4.69, 9.17) is 18.9 Å². The summed E-state index contributed by atoms with van der Waals surface area (Å²) >= 11 is 3.63. The Labute approximate surface area is 156 Å². The molecule has 1 aliphatic rings. The first-order valence-corrected chi connectivity index (χ1v) is 9.11. The number of halogens is 1. The lowest BCUT2D eigenvalue weighted by Gasteiger charge is -2.17. The van der Waals surface area contributed by atoms with Gasteiger partial charge in [0.05, 0.1) is 12.7 Å². The maximum absolute atomic E-state index is 5.84. The van der Waals surface area contributed by atoms with Crippen molar-refractivity contribution in [2.75, 3.05) is 18.7 Å². The van der Waals surface area contributed by atoms with Crippen molar-refractivity contribution in [3.8, 4) is 23.0 Å². The first-order chi connectivity index (χ1) is 12.1. The Hall–Kier alpha value is -2.08. The second kappa shape index (κ2) is 7.87. The van der Waals surface area contributed by atoms with Gasteiger partial charge in [0, 0.05) is 22.8 Å². The third kappa shape index (κ3) is 4.31. The smallest absolute Gasteiger partial charge is 0.231 e. The highest BCUT2D eigenvalue weighted by Crippen LogP contribution is 2.36. The summed E-state index contributed by atoms with van der Waals surface area (Å²) in [5, 5.41) is 3.40. The van der Waals surface area contributed by atoms with Gasteiger partial charge in [0.2, 0.25) is 6.79 Å². The average molecular weight is 408 g/mol. The molecule has 5 nitrogen and oxygen atoms in total. The molecule has 6 heteroatoms. The van der Waals surface area contributed by atoms with E-state index in [1.54, 1.807) is 0 Å². The van der Waals surface area contributed by atoms with E-state index in [9.17, 15) is 0 Å². The minimum Gasteiger partial charge on any atom is -0.490 e. The Balaban J connectivity index is 1.76. The average Bonchev–Trinajstić information content (AvgIpc) is 3.03. The van der Waals surface area contributed by atoms with Crippen molar-refractivity contribution in [1.29, 1.82) is 0 Å². The Morgan fingerprint density at radius 3 is 2.68 bits per heavy atom. The number of hydrogen-bond donors (Lipinski definition) is 1. The summed E-state index contributed by atoms with van der Waals surface area (Å²) in [7, 11) is 0. The fourth-order valence-corrected chi connectivity index (χ4v) is 2.99. The number of fused-ring (bicyclic) bond motifs is 1. The van der Waals surface area contributed by atoms with Crippen LogP contribution in [0.25, 0.3) is 0 Å². The molecule has 25 heavy (non-hydrogen) atoms. The van der Waals surface area contributed by atoms with Gasteiger partial charge in [-0.25, -0.2) is 0 Å². The van der Waals surface area contributed by atoms with Crippen LogP contribution in [0.1, 0.15) is 26.3 Å². The van der Waals surface area contributed by atoms with Crippen molar-refractivity contribution in [1.82, 2.24) is 0 Å². The molecule has 1 N–H and O–H groups in total. The zero-order valence-corrected chi connectivity index (χ0v) is 16.2. The van der Waals surface area contributed by atoms with Gasteiger partial charge in [-0.15, -0.1) is 0 Å². The summed E-state index contributed by atoms with van der Waals surface area (Å²) in [6, 6.07) is 9.79. The summed E-state index contributed by atoms with van der Waals surface area (Å²) in [4.78, 5) is 0. The summed E-state index contributed by atoms with van der Waals surface area (Å²) in [5.74, 6) is 3.04. The molecular weight excluding hydrogens is 386 g/mol. The zero-order chi connectivity index (χ0) is 17.8. The summed E-state index contributed by atoms with van der Waals surface area (Å²) in [6.07, 6.45) is 0.0868. The summed E-state index contributed by atoms with van der Waals surface area (Å²) in [5.41, 5.74) is 2.05. The third-order valence-corrected chi connectivity index (χ3v) is 4.37. The van der Waals surface area contributed by atoms with E-state index in [0.29, 0.717) is 13.2 Å². The first-order valence-electron chi connectivity index (χ1n) is 8.32. The predicted molar refractivity (Wildman–Crippen MR) is 101 cm³/mol. The maximum Gasteiger partial charge on any atom is 0.231 e. The molecule has 2 aromatic rings. The fourth-order valence-electron chi connectivity index (χ4n) is 2.53. The van der Waals surface area contributed by atoms with Gasteiger partial charge in [0.1, 0.15) is 0 Å². The number of nitrogens with one attached hydrogen (secondary N) is 1. The van der Waals surface area contributed by atoms with E-state index in [0.717, 1.165) is 38.7 Å². The molecule has 3 rings (SSSR count). The minimum atomic E-state index is 0.0868. The quantitative estimate of drug-likeness (QED) is 0.701. The van der Waals surface area contributed by atoms with Crippen LogP contribution in [0.3, 0.4) is 0 Å². The van der Waals surface area contributed by atoms with Gasteiger partial charge in [-0.05, 0) is 50.6 Å². The van der Waals surface area contributed by atoms with Gasteiger partial charge in [-0.2, -0.15) is 0 Å². The van der Waals surface area contributed by atoms with Crippen molar-refractivity contribution in [3.05, 3.63) is 40.4 Å². The van der Waals surface area contributed by atoms with Crippen LogP contribution in [-0.4, -0.2) is 19.5 Å². The van der Waals surface area contributed by atoms with Gasteiger partial charge in [-0.1, -0.05) is 15.9 Å². The molecule has 1 aliphatic heterocycles. The lowest BCUT2D eigenvalue weighted by atomic mass is 10.2. The van der Waals surface area contributed by atoms with E-state index in [1.807, 2.05) is 51.1 Å². The number of rotatable bonds is 7. The fraction of sp³-hybridized carbons (Fsp3) is 0.368. The largest absolute Gasteiger partial charge is 0.490 e. The van der Waals surface area contributed by atoms with E-state index in [2.05, 4.69) is 21.2 Å². The molecular formula is C19H22BrNO4. The number of ether oxygens (including phenoxy) is 4. The topological polar surface area (TPSA) is 49.0 Å². The van der Waals surface area contributed by atoms with E-state index < -0.39 is 0 Å². The van der Waals surface area contributed by atoms with Crippen molar-refractivity contribution in [2.24, 2.45) is 0 Å². The van der Waals surface area contributed by atoms with Crippen LogP contribution < -0.4 is 24.3 Å². The zero-order valence-electron chi connectivity index (χ0n) is 14.6. The molecule has 0 fully saturated rings. The first kappa shape index (κ1) is 17.7. The van der Waals surface area contributed by atoms with Crippen molar-refractivity contribution >= 4 is 21.6 Å². The Bertz CT molecular complexity index is 748. The molecule has 2 aromatic carbocycles. The molecule has 0 aromatic heterocycles. The third-order valence-electron chi connectivity index (χ3n) is 3.63. The molecule has 0 atom stereocenters. The SMILES string of the molecule is CCOc1cc(CNc2ccc3c(c2)OCO3)c(Br)cc1OC(C)C. The van der Waals surface area contributed by atoms with Gasteiger partial charge in [0.15, 0.2) is 23.0 Å². The molecule has 1 heterocycles. The lowest BCUT2D eigenvalue weighted by molar-refractivity contribution is 0.174. The van der Waals surface area contributed by atoms with Gasteiger partial charge >= 0.3 is 0 Å². The Morgan fingerprint density at radius 1 is 1.12 bits per heavy atom. The Kier molecular flexibility index (Phi) is 5.58. The van der Waals surface area contributed by atoms with Crippen molar-refractivity contribution in [2.45, 2.75) is 33.4 Å². The number of hydrogen-bond acceptors (Lipinski definition) is 5. The number of anilines is 1. The van der Waals surface area contributed by atoms with Crippen molar-refractivity contribution in [3.63, 3.8) is 0 Å². The van der Waals surface area contributed by atoms with E-state index in [-0.39, 0.29) is 12.9 Å². The molecule has 0 aliphatic carbocycles. The molecule has 0 radical (unpaired) electrons. The van der Waals surface area contributed by atoms with Crippen LogP contribution in [0.2, 0.25) is 0 Å². The van der Waals surface area contributed by atoms with Crippen LogP contribution in [0.5, 0.6) is 23.0 Å².